The number of rotatable bonds is 5. The number of aromatic amines is 1. The normalized spacial score (nSPS) is 17.9. The van der Waals surface area contributed by atoms with Crippen LogP contribution in [0.4, 0.5) is 13.2 Å². The van der Waals surface area contributed by atoms with Gasteiger partial charge in [-0.15, -0.1) is 0 Å². The standard InChI is InChI=1S/C14H19F3N2O2/c15-14(16,17)12-6-10(7-18-12)13(21)19-11(8-20)5-9-3-1-2-4-9/h6-7,9,11,18,20H,1-5,8H2,(H,19,21)/t11-/m0/s1. The lowest BCUT2D eigenvalue weighted by Gasteiger charge is -2.19. The van der Waals surface area contributed by atoms with Crippen molar-refractivity contribution in [3.63, 3.8) is 0 Å². The summed E-state index contributed by atoms with van der Waals surface area (Å²) < 4.78 is 37.4. The first-order valence-corrected chi connectivity index (χ1v) is 7.07. The molecule has 1 heterocycles. The number of aromatic nitrogens is 1. The minimum atomic E-state index is -4.50. The molecule has 1 fully saturated rings. The van der Waals surface area contributed by atoms with Gasteiger partial charge in [-0.2, -0.15) is 13.2 Å². The molecule has 1 aliphatic carbocycles. The van der Waals surface area contributed by atoms with Crippen LogP contribution in [0.3, 0.4) is 0 Å². The molecule has 21 heavy (non-hydrogen) atoms. The van der Waals surface area contributed by atoms with Crippen LogP contribution >= 0.6 is 0 Å². The third kappa shape index (κ3) is 4.23. The summed E-state index contributed by atoms with van der Waals surface area (Å²) in [4.78, 5) is 14.0. The minimum Gasteiger partial charge on any atom is -0.394 e. The number of amides is 1. The van der Waals surface area contributed by atoms with E-state index in [2.05, 4.69) is 5.32 Å². The summed E-state index contributed by atoms with van der Waals surface area (Å²) in [5.74, 6) is -0.127. The summed E-state index contributed by atoms with van der Waals surface area (Å²) in [6, 6.07) is 0.365. The predicted molar refractivity (Wildman–Crippen MR) is 70.7 cm³/mol. The molecule has 0 unspecified atom stereocenters. The van der Waals surface area contributed by atoms with E-state index in [0.717, 1.165) is 37.9 Å². The van der Waals surface area contributed by atoms with E-state index in [-0.39, 0.29) is 12.2 Å². The monoisotopic (exact) mass is 304 g/mol. The van der Waals surface area contributed by atoms with E-state index in [1.54, 1.807) is 0 Å². The van der Waals surface area contributed by atoms with Gasteiger partial charge in [0.2, 0.25) is 0 Å². The largest absolute Gasteiger partial charge is 0.431 e. The summed E-state index contributed by atoms with van der Waals surface area (Å²) in [6.07, 6.45) is 1.66. The Morgan fingerprint density at radius 2 is 2.10 bits per heavy atom. The molecule has 2 rings (SSSR count). The number of carbonyl (C=O) groups excluding carboxylic acids is 1. The van der Waals surface area contributed by atoms with E-state index in [1.807, 2.05) is 4.98 Å². The number of hydrogen-bond acceptors (Lipinski definition) is 2. The van der Waals surface area contributed by atoms with Crippen molar-refractivity contribution < 1.29 is 23.1 Å². The summed E-state index contributed by atoms with van der Waals surface area (Å²) in [7, 11) is 0. The molecule has 7 heteroatoms. The van der Waals surface area contributed by atoms with Gasteiger partial charge < -0.3 is 15.4 Å². The van der Waals surface area contributed by atoms with Crippen molar-refractivity contribution in [1.29, 1.82) is 0 Å². The van der Waals surface area contributed by atoms with Crippen LogP contribution in [0.1, 0.15) is 48.2 Å². The second-order valence-corrected chi connectivity index (χ2v) is 5.54. The molecule has 0 aliphatic heterocycles. The molecule has 0 spiro atoms. The van der Waals surface area contributed by atoms with Gasteiger partial charge in [-0.05, 0) is 18.4 Å². The van der Waals surface area contributed by atoms with E-state index >= 15 is 0 Å². The average molecular weight is 304 g/mol. The molecule has 118 valence electrons. The number of nitrogens with one attached hydrogen (secondary N) is 2. The van der Waals surface area contributed by atoms with Gasteiger partial charge in [0.05, 0.1) is 18.2 Å². The van der Waals surface area contributed by atoms with Crippen molar-refractivity contribution in [2.24, 2.45) is 5.92 Å². The van der Waals surface area contributed by atoms with Crippen molar-refractivity contribution >= 4 is 5.91 Å². The average Bonchev–Trinajstić information content (AvgIpc) is 3.08. The van der Waals surface area contributed by atoms with E-state index in [0.29, 0.717) is 12.3 Å². The van der Waals surface area contributed by atoms with Gasteiger partial charge in [-0.3, -0.25) is 4.79 Å². The zero-order valence-corrected chi connectivity index (χ0v) is 11.5. The second-order valence-electron chi connectivity index (χ2n) is 5.54. The number of H-pyrrole nitrogens is 1. The third-order valence-electron chi connectivity index (χ3n) is 3.90. The van der Waals surface area contributed by atoms with Crippen LogP contribution in [-0.2, 0) is 6.18 Å². The highest BCUT2D eigenvalue weighted by Crippen LogP contribution is 2.29. The number of carbonyl (C=O) groups is 1. The van der Waals surface area contributed by atoms with Crippen LogP contribution in [0.5, 0.6) is 0 Å². The lowest BCUT2D eigenvalue weighted by Crippen LogP contribution is -2.38. The van der Waals surface area contributed by atoms with Crippen LogP contribution < -0.4 is 5.32 Å². The molecule has 4 nitrogen and oxygen atoms in total. The highest BCUT2D eigenvalue weighted by Gasteiger charge is 2.33. The fraction of sp³-hybridized carbons (Fsp3) is 0.643. The van der Waals surface area contributed by atoms with Crippen LogP contribution in [0.15, 0.2) is 12.3 Å². The van der Waals surface area contributed by atoms with Gasteiger partial charge in [-0.25, -0.2) is 0 Å². The molecule has 0 aromatic carbocycles. The van der Waals surface area contributed by atoms with Gasteiger partial charge in [-0.1, -0.05) is 25.7 Å². The van der Waals surface area contributed by atoms with Gasteiger partial charge in [0.25, 0.3) is 5.91 Å². The Hall–Kier alpha value is -1.50. The van der Waals surface area contributed by atoms with Crippen LogP contribution in [0, 0.1) is 5.92 Å². The fourth-order valence-corrected chi connectivity index (χ4v) is 2.79. The van der Waals surface area contributed by atoms with Crippen LogP contribution in [0.25, 0.3) is 0 Å². The lowest BCUT2D eigenvalue weighted by molar-refractivity contribution is -0.140. The second kappa shape index (κ2) is 6.51. The summed E-state index contributed by atoms with van der Waals surface area (Å²) >= 11 is 0. The van der Waals surface area contributed by atoms with E-state index in [4.69, 9.17) is 0 Å². The first-order valence-electron chi connectivity index (χ1n) is 7.07. The molecular formula is C14H19F3N2O2. The Kier molecular flexibility index (Phi) is 4.92. The molecule has 1 aromatic heterocycles. The summed E-state index contributed by atoms with van der Waals surface area (Å²) in [5.41, 5.74) is -1.03. The summed E-state index contributed by atoms with van der Waals surface area (Å²) in [6.45, 7) is -0.210. The molecule has 0 bridgehead atoms. The van der Waals surface area contributed by atoms with Gasteiger partial charge >= 0.3 is 6.18 Å². The zero-order valence-electron chi connectivity index (χ0n) is 11.5. The Bertz CT molecular complexity index is 479. The molecule has 0 radical (unpaired) electrons. The lowest BCUT2D eigenvalue weighted by atomic mass is 9.98. The van der Waals surface area contributed by atoms with Gasteiger partial charge in [0.1, 0.15) is 5.69 Å². The molecule has 3 N–H and O–H groups in total. The van der Waals surface area contributed by atoms with E-state index < -0.39 is 23.8 Å². The Morgan fingerprint density at radius 3 is 2.62 bits per heavy atom. The Labute approximate surface area is 120 Å². The highest BCUT2D eigenvalue weighted by molar-refractivity contribution is 5.94. The van der Waals surface area contributed by atoms with Crippen molar-refractivity contribution in [3.05, 3.63) is 23.5 Å². The summed E-state index contributed by atoms with van der Waals surface area (Å²) in [5, 5.41) is 11.9. The van der Waals surface area contributed by atoms with Crippen LogP contribution in [-0.4, -0.2) is 28.6 Å². The fourth-order valence-electron chi connectivity index (χ4n) is 2.79. The molecule has 1 aliphatic rings. The quantitative estimate of drug-likeness (QED) is 0.783. The molecule has 1 aromatic rings. The van der Waals surface area contributed by atoms with Crippen molar-refractivity contribution in [3.8, 4) is 0 Å². The number of alkyl halides is 3. The maximum atomic E-state index is 12.5. The predicted octanol–water partition coefficient (Wildman–Crippen LogP) is 2.70. The molecular weight excluding hydrogens is 285 g/mol. The molecule has 1 atom stereocenters. The number of aliphatic hydroxyl groups excluding tert-OH is 1. The van der Waals surface area contributed by atoms with Crippen LogP contribution in [0.2, 0.25) is 0 Å². The number of halogens is 3. The SMILES string of the molecule is O=C(N[C@H](CO)CC1CCCC1)c1c[nH]c(C(F)(F)F)c1. The maximum absolute atomic E-state index is 12.5. The third-order valence-corrected chi connectivity index (χ3v) is 3.90. The topological polar surface area (TPSA) is 65.1 Å². The smallest absolute Gasteiger partial charge is 0.394 e. The molecule has 0 saturated heterocycles. The van der Waals surface area contributed by atoms with E-state index in [9.17, 15) is 23.1 Å². The first-order chi connectivity index (χ1) is 9.90. The van der Waals surface area contributed by atoms with Gasteiger partial charge in [0, 0.05) is 6.20 Å². The van der Waals surface area contributed by atoms with Crippen molar-refractivity contribution in [2.75, 3.05) is 6.61 Å². The Morgan fingerprint density at radius 1 is 1.43 bits per heavy atom. The first kappa shape index (κ1) is 15.9. The minimum absolute atomic E-state index is 0.0767. The maximum Gasteiger partial charge on any atom is 0.431 e. The molecule has 1 amide bonds. The number of aliphatic hydroxyl groups is 1. The molecule has 1 saturated carbocycles. The number of hydrogen-bond donors (Lipinski definition) is 3. The van der Waals surface area contributed by atoms with Crippen molar-refractivity contribution in [2.45, 2.75) is 44.3 Å². The Balaban J connectivity index is 1.94. The zero-order chi connectivity index (χ0) is 15.5. The van der Waals surface area contributed by atoms with Gasteiger partial charge in [0.15, 0.2) is 0 Å². The highest BCUT2D eigenvalue weighted by atomic mass is 19.4. The van der Waals surface area contributed by atoms with Crippen molar-refractivity contribution in [1.82, 2.24) is 10.3 Å². The van der Waals surface area contributed by atoms with E-state index in [1.165, 1.54) is 0 Å².